The van der Waals surface area contributed by atoms with E-state index < -0.39 is 5.82 Å². The normalized spacial score (nSPS) is 24.1. The van der Waals surface area contributed by atoms with Gasteiger partial charge in [-0.2, -0.15) is 0 Å². The van der Waals surface area contributed by atoms with Crippen molar-refractivity contribution >= 4 is 21.8 Å². The van der Waals surface area contributed by atoms with Crippen LogP contribution in [0.5, 0.6) is 0 Å². The molecule has 2 rings (SSSR count). The van der Waals surface area contributed by atoms with Crippen molar-refractivity contribution in [2.24, 2.45) is 5.92 Å². The van der Waals surface area contributed by atoms with Gasteiger partial charge >= 0.3 is 0 Å². The Morgan fingerprint density at radius 2 is 2.17 bits per heavy atom. The molecule has 0 saturated carbocycles. The molecular weight excluding hydrogens is 297 g/mol. The van der Waals surface area contributed by atoms with Gasteiger partial charge in [0.2, 0.25) is 0 Å². The summed E-state index contributed by atoms with van der Waals surface area (Å²) in [6.07, 6.45) is 1.98. The fourth-order valence-electron chi connectivity index (χ4n) is 2.53. The molecule has 18 heavy (non-hydrogen) atoms. The van der Waals surface area contributed by atoms with Crippen LogP contribution in [0, 0.1) is 11.7 Å². The molecule has 0 bridgehead atoms. The maximum atomic E-state index is 13.8. The minimum Gasteiger partial charge on any atom is -0.336 e. The van der Waals surface area contributed by atoms with Crippen molar-refractivity contribution in [1.82, 2.24) is 4.90 Å². The van der Waals surface area contributed by atoms with E-state index in [1.165, 1.54) is 6.07 Å². The Morgan fingerprint density at radius 1 is 1.44 bits per heavy atom. The Bertz CT molecular complexity index is 463. The molecular formula is C14H17BrFNO. The molecule has 1 heterocycles. The summed E-state index contributed by atoms with van der Waals surface area (Å²) in [5.74, 6) is -0.0154. The van der Waals surface area contributed by atoms with Crippen LogP contribution in [0.15, 0.2) is 22.7 Å². The Labute approximate surface area is 115 Å². The summed E-state index contributed by atoms with van der Waals surface area (Å²) in [5.41, 5.74) is 0.166. The molecule has 0 N–H and O–H groups in total. The van der Waals surface area contributed by atoms with Crippen molar-refractivity contribution in [3.8, 4) is 0 Å². The predicted octanol–water partition coefficient (Wildman–Crippen LogP) is 3.85. The van der Waals surface area contributed by atoms with Crippen molar-refractivity contribution in [3.05, 3.63) is 34.1 Å². The molecule has 1 amide bonds. The van der Waals surface area contributed by atoms with Gasteiger partial charge in [-0.1, -0.05) is 22.9 Å². The predicted molar refractivity (Wildman–Crippen MR) is 73.0 cm³/mol. The maximum Gasteiger partial charge on any atom is 0.257 e. The zero-order valence-electron chi connectivity index (χ0n) is 10.6. The summed E-state index contributed by atoms with van der Waals surface area (Å²) in [6, 6.07) is 4.77. The second-order valence-corrected chi connectivity index (χ2v) is 6.02. The first-order chi connectivity index (χ1) is 8.49. The first kappa shape index (κ1) is 13.5. The van der Waals surface area contributed by atoms with E-state index in [-0.39, 0.29) is 17.5 Å². The lowest BCUT2D eigenvalue weighted by molar-refractivity contribution is 0.0584. The lowest BCUT2D eigenvalue weighted by Crippen LogP contribution is -2.44. The van der Waals surface area contributed by atoms with Gasteiger partial charge in [-0.3, -0.25) is 4.79 Å². The molecule has 0 aromatic heterocycles. The summed E-state index contributed by atoms with van der Waals surface area (Å²) in [6.45, 7) is 4.94. The number of amides is 1. The molecule has 1 fully saturated rings. The Hall–Kier alpha value is -0.900. The average Bonchev–Trinajstić information content (AvgIpc) is 2.28. The highest BCUT2D eigenvalue weighted by atomic mass is 79.9. The SMILES string of the molecule is CC1CCN(C(=O)c2ccc(Br)cc2F)C(C)C1. The molecule has 2 atom stereocenters. The first-order valence-electron chi connectivity index (χ1n) is 6.25. The number of likely N-dealkylation sites (tertiary alicyclic amines) is 1. The van der Waals surface area contributed by atoms with Crippen LogP contribution in [0.1, 0.15) is 37.0 Å². The van der Waals surface area contributed by atoms with E-state index in [2.05, 4.69) is 22.9 Å². The Kier molecular flexibility index (Phi) is 4.05. The lowest BCUT2D eigenvalue weighted by Gasteiger charge is -2.36. The molecule has 0 radical (unpaired) electrons. The largest absolute Gasteiger partial charge is 0.336 e. The fraction of sp³-hybridized carbons (Fsp3) is 0.500. The van der Waals surface area contributed by atoms with Crippen LogP contribution in [0.4, 0.5) is 4.39 Å². The van der Waals surface area contributed by atoms with Gasteiger partial charge in [-0.05, 0) is 43.9 Å². The van der Waals surface area contributed by atoms with Crippen LogP contribution >= 0.6 is 15.9 Å². The summed E-state index contributed by atoms with van der Waals surface area (Å²) >= 11 is 3.20. The van der Waals surface area contributed by atoms with Crippen molar-refractivity contribution in [2.45, 2.75) is 32.7 Å². The quantitative estimate of drug-likeness (QED) is 0.771. The van der Waals surface area contributed by atoms with E-state index in [1.54, 1.807) is 17.0 Å². The third kappa shape index (κ3) is 2.74. The molecule has 2 unspecified atom stereocenters. The summed E-state index contributed by atoms with van der Waals surface area (Å²) in [4.78, 5) is 14.1. The minimum absolute atomic E-state index is 0.166. The Morgan fingerprint density at radius 3 is 2.78 bits per heavy atom. The zero-order valence-corrected chi connectivity index (χ0v) is 12.2. The maximum absolute atomic E-state index is 13.8. The molecule has 98 valence electrons. The number of hydrogen-bond acceptors (Lipinski definition) is 1. The van der Waals surface area contributed by atoms with E-state index in [9.17, 15) is 9.18 Å². The topological polar surface area (TPSA) is 20.3 Å². The van der Waals surface area contributed by atoms with Gasteiger partial charge in [0.05, 0.1) is 5.56 Å². The van der Waals surface area contributed by atoms with Crippen molar-refractivity contribution in [3.63, 3.8) is 0 Å². The summed E-state index contributed by atoms with van der Waals surface area (Å²) in [7, 11) is 0. The number of rotatable bonds is 1. The fourth-order valence-corrected chi connectivity index (χ4v) is 2.86. The smallest absolute Gasteiger partial charge is 0.257 e. The summed E-state index contributed by atoms with van der Waals surface area (Å²) < 4.78 is 14.4. The van der Waals surface area contributed by atoms with E-state index in [1.807, 2.05) is 6.92 Å². The average molecular weight is 314 g/mol. The van der Waals surface area contributed by atoms with Crippen LogP contribution in [0.2, 0.25) is 0 Å². The Balaban J connectivity index is 2.20. The van der Waals surface area contributed by atoms with Gasteiger partial charge in [-0.15, -0.1) is 0 Å². The van der Waals surface area contributed by atoms with Gasteiger partial charge in [0.15, 0.2) is 0 Å². The number of benzene rings is 1. The minimum atomic E-state index is -0.458. The molecule has 2 nitrogen and oxygen atoms in total. The number of piperidine rings is 1. The van der Waals surface area contributed by atoms with Gasteiger partial charge in [0.25, 0.3) is 5.91 Å². The molecule has 1 aliphatic heterocycles. The summed E-state index contributed by atoms with van der Waals surface area (Å²) in [5, 5.41) is 0. The van der Waals surface area contributed by atoms with E-state index >= 15 is 0 Å². The van der Waals surface area contributed by atoms with Crippen LogP contribution in [-0.2, 0) is 0 Å². The zero-order chi connectivity index (χ0) is 13.3. The lowest BCUT2D eigenvalue weighted by atomic mass is 9.93. The van der Waals surface area contributed by atoms with Crippen molar-refractivity contribution in [2.75, 3.05) is 6.54 Å². The van der Waals surface area contributed by atoms with Crippen LogP contribution < -0.4 is 0 Å². The van der Waals surface area contributed by atoms with Gasteiger partial charge in [0, 0.05) is 17.1 Å². The van der Waals surface area contributed by atoms with Gasteiger partial charge < -0.3 is 4.90 Å². The van der Waals surface area contributed by atoms with Gasteiger partial charge in [-0.25, -0.2) is 4.39 Å². The number of carbonyl (C=O) groups is 1. The second-order valence-electron chi connectivity index (χ2n) is 5.10. The van der Waals surface area contributed by atoms with Crippen molar-refractivity contribution < 1.29 is 9.18 Å². The molecule has 0 aliphatic carbocycles. The highest BCUT2D eigenvalue weighted by Gasteiger charge is 2.28. The van der Waals surface area contributed by atoms with Crippen LogP contribution in [0.3, 0.4) is 0 Å². The van der Waals surface area contributed by atoms with Crippen LogP contribution in [-0.4, -0.2) is 23.4 Å². The number of carbonyl (C=O) groups excluding carboxylic acids is 1. The standard InChI is InChI=1S/C14H17BrFNO/c1-9-5-6-17(10(2)7-9)14(18)12-4-3-11(15)8-13(12)16/h3-4,8-10H,5-7H2,1-2H3. The van der Waals surface area contributed by atoms with Crippen LogP contribution in [0.25, 0.3) is 0 Å². The molecule has 1 aromatic rings. The third-order valence-electron chi connectivity index (χ3n) is 3.56. The molecule has 0 spiro atoms. The second kappa shape index (κ2) is 5.39. The third-order valence-corrected chi connectivity index (χ3v) is 4.05. The van der Waals surface area contributed by atoms with E-state index in [0.717, 1.165) is 19.4 Å². The van der Waals surface area contributed by atoms with E-state index in [0.29, 0.717) is 10.4 Å². The van der Waals surface area contributed by atoms with Crippen molar-refractivity contribution in [1.29, 1.82) is 0 Å². The van der Waals surface area contributed by atoms with E-state index in [4.69, 9.17) is 0 Å². The molecule has 1 aliphatic rings. The molecule has 1 saturated heterocycles. The first-order valence-corrected chi connectivity index (χ1v) is 7.04. The highest BCUT2D eigenvalue weighted by Crippen LogP contribution is 2.25. The molecule has 4 heteroatoms. The highest BCUT2D eigenvalue weighted by molar-refractivity contribution is 9.10. The number of halogens is 2. The monoisotopic (exact) mass is 313 g/mol. The number of nitrogens with zero attached hydrogens (tertiary/aromatic N) is 1. The molecule has 1 aromatic carbocycles. The van der Waals surface area contributed by atoms with Gasteiger partial charge in [0.1, 0.15) is 5.82 Å². The number of hydrogen-bond donors (Lipinski definition) is 0.